The number of aromatic nitrogens is 2. The Kier molecular flexibility index (Phi) is 4.67. The van der Waals surface area contributed by atoms with Crippen molar-refractivity contribution in [3.8, 4) is 0 Å². The van der Waals surface area contributed by atoms with Crippen LogP contribution in [0.3, 0.4) is 0 Å². The number of para-hydroxylation sites is 1. The lowest BCUT2D eigenvalue weighted by molar-refractivity contribution is -0.144. The number of aromatic amines is 1. The number of carbonyl (C=O) groups is 2. The fourth-order valence-electron chi connectivity index (χ4n) is 2.69. The van der Waals surface area contributed by atoms with Crippen molar-refractivity contribution in [3.63, 3.8) is 0 Å². The van der Waals surface area contributed by atoms with Crippen LogP contribution < -0.4 is 0 Å². The molecule has 0 spiro atoms. The predicted octanol–water partition coefficient (Wildman–Crippen LogP) is 2.38. The number of ether oxygens (including phenoxy) is 2. The van der Waals surface area contributed by atoms with Crippen LogP contribution in [0.1, 0.15) is 31.3 Å². The maximum Gasteiger partial charge on any atom is 0.303 e. The molecule has 0 unspecified atom stereocenters. The van der Waals surface area contributed by atoms with Gasteiger partial charge in [0.1, 0.15) is 19.3 Å². The zero-order chi connectivity index (χ0) is 18.0. The minimum absolute atomic E-state index is 0.00192. The molecule has 0 amide bonds. The molecule has 7 heteroatoms. The predicted molar refractivity (Wildman–Crippen MR) is 90.7 cm³/mol. The second kappa shape index (κ2) is 6.90. The third-order valence-electron chi connectivity index (χ3n) is 3.76. The Hall–Kier alpha value is -2.93. The Balaban J connectivity index is 2.10. The van der Waals surface area contributed by atoms with Gasteiger partial charge in [-0.1, -0.05) is 18.2 Å². The Morgan fingerprint density at radius 1 is 1.16 bits per heavy atom. The van der Waals surface area contributed by atoms with Gasteiger partial charge in [-0.25, -0.2) is 4.98 Å². The topological polar surface area (TPSA) is 102 Å². The van der Waals surface area contributed by atoms with E-state index >= 15 is 0 Å². The maximum absolute atomic E-state index is 11.1. The van der Waals surface area contributed by atoms with Crippen LogP contribution in [0, 0.1) is 0 Å². The molecule has 0 saturated carbocycles. The summed E-state index contributed by atoms with van der Waals surface area (Å²) in [4.78, 5) is 29.7. The van der Waals surface area contributed by atoms with Crippen LogP contribution >= 0.6 is 0 Å². The van der Waals surface area contributed by atoms with Gasteiger partial charge in [0.05, 0.1) is 16.9 Å². The van der Waals surface area contributed by atoms with Gasteiger partial charge in [0.15, 0.2) is 0 Å². The van der Waals surface area contributed by atoms with Gasteiger partial charge < -0.3 is 19.6 Å². The number of hydrogen-bond acceptors (Lipinski definition) is 6. The van der Waals surface area contributed by atoms with Gasteiger partial charge in [-0.3, -0.25) is 9.59 Å². The summed E-state index contributed by atoms with van der Waals surface area (Å²) in [6.07, 6.45) is -1.10. The quantitative estimate of drug-likeness (QED) is 0.690. The molecular weight excluding hydrogens is 324 g/mol. The molecular formula is C18H18N2O5. The van der Waals surface area contributed by atoms with Crippen molar-refractivity contribution in [2.45, 2.75) is 26.6 Å². The van der Waals surface area contributed by atoms with E-state index in [-0.39, 0.29) is 13.2 Å². The molecule has 0 bridgehead atoms. The molecule has 2 N–H and O–H groups in total. The zero-order valence-corrected chi connectivity index (χ0v) is 13.9. The number of aliphatic hydroxyl groups is 1. The number of hydrogen-bond donors (Lipinski definition) is 2. The van der Waals surface area contributed by atoms with E-state index in [1.807, 2.05) is 30.3 Å². The van der Waals surface area contributed by atoms with Crippen molar-refractivity contribution in [2.75, 3.05) is 6.61 Å². The SMILES string of the molecule is CC(=O)OCc1cc2c([nH]c3ccccc32)c([C@@H](O)COC(C)=O)n1. The Labute approximate surface area is 143 Å². The normalized spacial score (nSPS) is 12.3. The molecule has 130 valence electrons. The van der Waals surface area contributed by atoms with Crippen molar-refractivity contribution in [1.82, 2.24) is 9.97 Å². The van der Waals surface area contributed by atoms with E-state index in [1.54, 1.807) is 0 Å². The molecule has 2 heterocycles. The zero-order valence-electron chi connectivity index (χ0n) is 13.9. The second-order valence-electron chi connectivity index (χ2n) is 5.69. The van der Waals surface area contributed by atoms with Crippen LogP contribution in [0.2, 0.25) is 0 Å². The molecule has 3 rings (SSSR count). The summed E-state index contributed by atoms with van der Waals surface area (Å²) >= 11 is 0. The van der Waals surface area contributed by atoms with E-state index in [1.165, 1.54) is 13.8 Å². The van der Waals surface area contributed by atoms with E-state index in [4.69, 9.17) is 9.47 Å². The highest BCUT2D eigenvalue weighted by molar-refractivity contribution is 6.08. The molecule has 0 aliphatic carbocycles. The third-order valence-corrected chi connectivity index (χ3v) is 3.76. The highest BCUT2D eigenvalue weighted by Gasteiger charge is 2.19. The van der Waals surface area contributed by atoms with Crippen LogP contribution in [-0.4, -0.2) is 33.6 Å². The van der Waals surface area contributed by atoms with Crippen LogP contribution in [0.15, 0.2) is 30.3 Å². The van der Waals surface area contributed by atoms with Gasteiger partial charge in [-0.05, 0) is 12.1 Å². The summed E-state index contributed by atoms with van der Waals surface area (Å²) in [5.74, 6) is -0.897. The fourth-order valence-corrected chi connectivity index (χ4v) is 2.69. The van der Waals surface area contributed by atoms with Gasteiger partial charge in [0.25, 0.3) is 0 Å². The first-order valence-electron chi connectivity index (χ1n) is 7.80. The molecule has 2 aromatic heterocycles. The number of benzene rings is 1. The fraction of sp³-hybridized carbons (Fsp3) is 0.278. The number of fused-ring (bicyclic) bond motifs is 3. The van der Waals surface area contributed by atoms with E-state index in [9.17, 15) is 14.7 Å². The summed E-state index contributed by atoms with van der Waals surface area (Å²) in [7, 11) is 0. The molecule has 1 atom stereocenters. The summed E-state index contributed by atoms with van der Waals surface area (Å²) in [6, 6.07) is 9.51. The highest BCUT2D eigenvalue weighted by atomic mass is 16.5. The Morgan fingerprint density at radius 2 is 1.88 bits per heavy atom. The number of rotatable bonds is 5. The Morgan fingerprint density at radius 3 is 2.60 bits per heavy atom. The minimum atomic E-state index is -1.10. The lowest BCUT2D eigenvalue weighted by Gasteiger charge is -2.13. The van der Waals surface area contributed by atoms with Gasteiger partial charge in [-0.15, -0.1) is 0 Å². The molecule has 25 heavy (non-hydrogen) atoms. The summed E-state index contributed by atoms with van der Waals surface area (Å²) < 4.78 is 9.91. The number of nitrogens with zero attached hydrogens (tertiary/aromatic N) is 1. The number of H-pyrrole nitrogens is 1. The van der Waals surface area contributed by atoms with Crippen molar-refractivity contribution < 1.29 is 24.2 Å². The number of esters is 2. The average Bonchev–Trinajstić information content (AvgIpc) is 2.95. The minimum Gasteiger partial charge on any atom is -0.463 e. The molecule has 3 aromatic rings. The summed E-state index contributed by atoms with van der Waals surface area (Å²) in [5, 5.41) is 12.2. The standard InChI is InChI=1S/C18H18N2O5/c1-10(21)24-8-12-7-14-13-5-3-4-6-15(13)20-17(14)18(19-12)16(23)9-25-11(2)22/h3-7,16,20,23H,8-9H2,1-2H3/t16-/m0/s1. The number of pyridine rings is 1. The smallest absolute Gasteiger partial charge is 0.303 e. The number of nitrogens with one attached hydrogen (secondary N) is 1. The van der Waals surface area contributed by atoms with Gasteiger partial charge in [0, 0.05) is 30.1 Å². The average molecular weight is 342 g/mol. The summed E-state index contributed by atoms with van der Waals surface area (Å²) in [5.41, 5.74) is 2.40. The van der Waals surface area contributed by atoms with Gasteiger partial charge >= 0.3 is 11.9 Å². The molecule has 0 radical (unpaired) electrons. The number of aliphatic hydroxyl groups excluding tert-OH is 1. The first-order valence-corrected chi connectivity index (χ1v) is 7.80. The molecule has 0 fully saturated rings. The third kappa shape index (κ3) is 3.61. The van der Waals surface area contributed by atoms with Crippen molar-refractivity contribution in [1.29, 1.82) is 0 Å². The first kappa shape index (κ1) is 16.9. The highest BCUT2D eigenvalue weighted by Crippen LogP contribution is 2.30. The lowest BCUT2D eigenvalue weighted by atomic mass is 10.1. The molecule has 0 aliphatic heterocycles. The maximum atomic E-state index is 11.1. The van der Waals surface area contributed by atoms with Crippen LogP contribution in [0.25, 0.3) is 21.8 Å². The van der Waals surface area contributed by atoms with Gasteiger partial charge in [-0.2, -0.15) is 0 Å². The molecule has 1 aromatic carbocycles. The van der Waals surface area contributed by atoms with Crippen LogP contribution in [0.5, 0.6) is 0 Å². The number of carbonyl (C=O) groups excluding carboxylic acids is 2. The van der Waals surface area contributed by atoms with Crippen LogP contribution in [-0.2, 0) is 25.7 Å². The first-order chi connectivity index (χ1) is 12.0. The van der Waals surface area contributed by atoms with E-state index in [0.29, 0.717) is 16.9 Å². The van der Waals surface area contributed by atoms with Gasteiger partial charge in [0.2, 0.25) is 0 Å². The molecule has 7 nitrogen and oxygen atoms in total. The summed E-state index contributed by atoms with van der Waals surface area (Å²) in [6.45, 7) is 2.39. The van der Waals surface area contributed by atoms with E-state index in [0.717, 1.165) is 16.3 Å². The molecule has 0 saturated heterocycles. The van der Waals surface area contributed by atoms with E-state index < -0.39 is 18.0 Å². The van der Waals surface area contributed by atoms with Crippen LogP contribution in [0.4, 0.5) is 0 Å². The van der Waals surface area contributed by atoms with Crippen molar-refractivity contribution in [3.05, 3.63) is 41.7 Å². The second-order valence-corrected chi connectivity index (χ2v) is 5.69. The Bertz CT molecular complexity index is 947. The molecule has 0 aliphatic rings. The largest absolute Gasteiger partial charge is 0.463 e. The van der Waals surface area contributed by atoms with Crippen molar-refractivity contribution >= 4 is 33.7 Å². The monoisotopic (exact) mass is 342 g/mol. The van der Waals surface area contributed by atoms with E-state index in [2.05, 4.69) is 9.97 Å². The lowest BCUT2D eigenvalue weighted by Crippen LogP contribution is -2.13. The van der Waals surface area contributed by atoms with Crippen molar-refractivity contribution in [2.24, 2.45) is 0 Å².